The van der Waals surface area contributed by atoms with Crippen molar-refractivity contribution in [3.8, 4) is 0 Å². The van der Waals surface area contributed by atoms with Crippen molar-refractivity contribution in [1.82, 2.24) is 10.2 Å². The molecule has 0 rings (SSSR count). The highest BCUT2D eigenvalue weighted by Crippen LogP contribution is 2.09. The number of hydrogen-bond donors (Lipinski definition) is 2. The molecule has 0 aromatic heterocycles. The third-order valence-corrected chi connectivity index (χ3v) is 2.20. The number of carbonyl (C=O) groups excluding carboxylic acids is 1. The molecule has 5 heteroatoms. The number of nitrogens with one attached hydrogen (secondary N) is 1. The van der Waals surface area contributed by atoms with Crippen molar-refractivity contribution in [3.63, 3.8) is 0 Å². The highest BCUT2D eigenvalue weighted by molar-refractivity contribution is 5.76. The van der Waals surface area contributed by atoms with E-state index < -0.39 is 11.5 Å². The molecule has 94 valence electrons. The summed E-state index contributed by atoms with van der Waals surface area (Å²) in [6.45, 7) is 8.63. The van der Waals surface area contributed by atoms with Crippen LogP contribution in [0.15, 0.2) is 0 Å². The fraction of sp³-hybridized carbons (Fsp3) is 0.818. The molecule has 0 fully saturated rings. The van der Waals surface area contributed by atoms with Crippen LogP contribution in [0.25, 0.3) is 0 Å². The Kier molecular flexibility index (Phi) is 5.85. The summed E-state index contributed by atoms with van der Waals surface area (Å²) in [5, 5.41) is 11.4. The Hall–Kier alpha value is -1.26. The first kappa shape index (κ1) is 14.7. The summed E-state index contributed by atoms with van der Waals surface area (Å²) in [5.74, 6) is -0.913. The van der Waals surface area contributed by atoms with Gasteiger partial charge in [0, 0.05) is 18.6 Å². The molecule has 0 spiro atoms. The Labute approximate surface area is 96.8 Å². The average molecular weight is 230 g/mol. The average Bonchev–Trinajstić information content (AvgIpc) is 2.10. The molecule has 0 atom stereocenters. The Bertz CT molecular complexity index is 252. The molecule has 0 aliphatic heterocycles. The smallest absolute Gasteiger partial charge is 0.317 e. The van der Waals surface area contributed by atoms with Crippen molar-refractivity contribution in [2.75, 3.05) is 13.1 Å². The van der Waals surface area contributed by atoms with Gasteiger partial charge < -0.3 is 15.3 Å². The summed E-state index contributed by atoms with van der Waals surface area (Å²) >= 11 is 0. The Morgan fingerprint density at radius 3 is 2.25 bits per heavy atom. The lowest BCUT2D eigenvalue weighted by atomic mass is 10.0. The van der Waals surface area contributed by atoms with E-state index in [0.29, 0.717) is 13.1 Å². The van der Waals surface area contributed by atoms with E-state index in [1.807, 2.05) is 13.8 Å². The van der Waals surface area contributed by atoms with Crippen LogP contribution in [0, 0.1) is 0 Å². The first-order valence-electron chi connectivity index (χ1n) is 5.61. The van der Waals surface area contributed by atoms with Gasteiger partial charge >= 0.3 is 12.0 Å². The van der Waals surface area contributed by atoms with E-state index >= 15 is 0 Å². The topological polar surface area (TPSA) is 69.6 Å². The molecule has 2 N–H and O–H groups in total. The number of nitrogens with zero attached hydrogens (tertiary/aromatic N) is 1. The van der Waals surface area contributed by atoms with E-state index in [1.54, 1.807) is 18.7 Å². The van der Waals surface area contributed by atoms with Crippen molar-refractivity contribution in [2.45, 2.75) is 46.1 Å². The van der Waals surface area contributed by atoms with E-state index in [2.05, 4.69) is 5.32 Å². The van der Waals surface area contributed by atoms with E-state index in [9.17, 15) is 9.59 Å². The molecular weight excluding hydrogens is 208 g/mol. The number of carboxylic acid groups (broad SMARTS) is 1. The molecule has 0 heterocycles. The molecule has 0 aromatic carbocycles. The van der Waals surface area contributed by atoms with Gasteiger partial charge in [-0.2, -0.15) is 0 Å². The first-order valence-corrected chi connectivity index (χ1v) is 5.61. The maximum atomic E-state index is 11.8. The van der Waals surface area contributed by atoms with E-state index in [-0.39, 0.29) is 12.5 Å². The third-order valence-electron chi connectivity index (χ3n) is 2.20. The Morgan fingerprint density at radius 2 is 1.88 bits per heavy atom. The predicted octanol–water partition coefficient (Wildman–Crippen LogP) is 1.68. The molecule has 0 bridgehead atoms. The lowest BCUT2D eigenvalue weighted by Gasteiger charge is -2.29. The molecule has 16 heavy (non-hydrogen) atoms. The van der Waals surface area contributed by atoms with Crippen molar-refractivity contribution in [1.29, 1.82) is 0 Å². The van der Waals surface area contributed by atoms with Crippen LogP contribution in [0.5, 0.6) is 0 Å². The van der Waals surface area contributed by atoms with Crippen LogP contribution in [0.2, 0.25) is 0 Å². The summed E-state index contributed by atoms with van der Waals surface area (Å²) in [7, 11) is 0. The number of aliphatic carboxylic acids is 1. The van der Waals surface area contributed by atoms with Crippen LogP contribution in [0.1, 0.15) is 40.5 Å². The molecule has 0 radical (unpaired) electrons. The molecule has 0 aromatic rings. The van der Waals surface area contributed by atoms with Crippen LogP contribution >= 0.6 is 0 Å². The zero-order valence-corrected chi connectivity index (χ0v) is 10.5. The third kappa shape index (κ3) is 5.58. The molecular formula is C11H22N2O3. The minimum Gasteiger partial charge on any atom is -0.481 e. The van der Waals surface area contributed by atoms with Crippen LogP contribution in [0.3, 0.4) is 0 Å². The van der Waals surface area contributed by atoms with E-state index in [0.717, 1.165) is 6.42 Å². The van der Waals surface area contributed by atoms with E-state index in [4.69, 9.17) is 5.11 Å². The van der Waals surface area contributed by atoms with Gasteiger partial charge in [-0.15, -0.1) is 0 Å². The monoisotopic (exact) mass is 230 g/mol. The lowest BCUT2D eigenvalue weighted by Crippen LogP contribution is -2.51. The molecule has 0 aliphatic rings. The number of rotatable bonds is 6. The van der Waals surface area contributed by atoms with Gasteiger partial charge in [0.2, 0.25) is 0 Å². The fourth-order valence-electron chi connectivity index (χ4n) is 1.46. The zero-order valence-electron chi connectivity index (χ0n) is 10.5. The van der Waals surface area contributed by atoms with Crippen LogP contribution < -0.4 is 5.32 Å². The summed E-state index contributed by atoms with van der Waals surface area (Å²) < 4.78 is 0. The van der Waals surface area contributed by atoms with Gasteiger partial charge in [-0.3, -0.25) is 4.79 Å². The minimum atomic E-state index is -0.913. The molecule has 0 unspecified atom stereocenters. The second-order valence-corrected chi connectivity index (χ2v) is 4.46. The van der Waals surface area contributed by atoms with Gasteiger partial charge in [0.25, 0.3) is 0 Å². The number of carbonyl (C=O) groups is 2. The van der Waals surface area contributed by atoms with Crippen molar-refractivity contribution >= 4 is 12.0 Å². The van der Waals surface area contributed by atoms with Gasteiger partial charge in [-0.05, 0) is 27.2 Å². The standard InChI is InChI=1S/C11H22N2O3/c1-5-7-13(6-2)10(16)12-11(3,4)8-9(14)15/h5-8H2,1-4H3,(H,12,16)(H,14,15). The predicted molar refractivity (Wildman–Crippen MR) is 62.4 cm³/mol. The van der Waals surface area contributed by atoms with Crippen molar-refractivity contribution in [2.24, 2.45) is 0 Å². The highest BCUT2D eigenvalue weighted by atomic mass is 16.4. The van der Waals surface area contributed by atoms with Crippen LogP contribution in [0.4, 0.5) is 4.79 Å². The minimum absolute atomic E-state index is 0.0809. The molecule has 5 nitrogen and oxygen atoms in total. The first-order chi connectivity index (χ1) is 7.32. The highest BCUT2D eigenvalue weighted by Gasteiger charge is 2.25. The van der Waals surface area contributed by atoms with Gasteiger partial charge in [-0.1, -0.05) is 6.92 Å². The maximum absolute atomic E-state index is 11.8. The number of carboxylic acids is 1. The van der Waals surface area contributed by atoms with E-state index in [1.165, 1.54) is 0 Å². The second-order valence-electron chi connectivity index (χ2n) is 4.46. The lowest BCUT2D eigenvalue weighted by molar-refractivity contribution is -0.138. The Morgan fingerprint density at radius 1 is 1.31 bits per heavy atom. The zero-order chi connectivity index (χ0) is 12.8. The van der Waals surface area contributed by atoms with Gasteiger partial charge in [0.15, 0.2) is 0 Å². The number of urea groups is 1. The maximum Gasteiger partial charge on any atom is 0.317 e. The quantitative estimate of drug-likeness (QED) is 0.729. The summed E-state index contributed by atoms with van der Waals surface area (Å²) in [6.07, 6.45) is 0.809. The Balaban J connectivity index is 4.34. The largest absolute Gasteiger partial charge is 0.481 e. The summed E-state index contributed by atoms with van der Waals surface area (Å²) in [6, 6.07) is -0.199. The molecule has 0 aliphatic carbocycles. The number of amides is 2. The number of hydrogen-bond acceptors (Lipinski definition) is 2. The second kappa shape index (κ2) is 6.35. The van der Waals surface area contributed by atoms with Gasteiger partial charge in [-0.25, -0.2) is 4.79 Å². The SMILES string of the molecule is CCCN(CC)C(=O)NC(C)(C)CC(=O)O. The normalized spacial score (nSPS) is 11.0. The molecule has 0 saturated carbocycles. The summed E-state index contributed by atoms with van der Waals surface area (Å²) in [5.41, 5.74) is -0.718. The van der Waals surface area contributed by atoms with Crippen LogP contribution in [-0.2, 0) is 4.79 Å². The van der Waals surface area contributed by atoms with Crippen LogP contribution in [-0.4, -0.2) is 40.6 Å². The van der Waals surface area contributed by atoms with Crippen molar-refractivity contribution in [3.05, 3.63) is 0 Å². The van der Waals surface area contributed by atoms with Gasteiger partial charge in [0.1, 0.15) is 0 Å². The molecule has 0 saturated heterocycles. The fourth-order valence-corrected chi connectivity index (χ4v) is 1.46. The summed E-state index contributed by atoms with van der Waals surface area (Å²) in [4.78, 5) is 24.1. The van der Waals surface area contributed by atoms with Crippen molar-refractivity contribution < 1.29 is 14.7 Å². The van der Waals surface area contributed by atoms with Gasteiger partial charge in [0.05, 0.1) is 6.42 Å². The molecule has 2 amide bonds.